The van der Waals surface area contributed by atoms with Crippen molar-refractivity contribution in [2.24, 2.45) is 16.9 Å². The zero-order valence-electron chi connectivity index (χ0n) is 12.3. The van der Waals surface area contributed by atoms with E-state index in [1.807, 2.05) is 6.92 Å². The number of sulfonamides is 1. The summed E-state index contributed by atoms with van der Waals surface area (Å²) in [6.07, 6.45) is 2.98. The minimum Gasteiger partial charge on any atom is -0.200 e. The van der Waals surface area contributed by atoms with Gasteiger partial charge < -0.3 is 0 Å². The van der Waals surface area contributed by atoms with Gasteiger partial charge in [-0.15, -0.1) is 0 Å². The van der Waals surface area contributed by atoms with Gasteiger partial charge in [-0.2, -0.15) is 13.5 Å². The summed E-state index contributed by atoms with van der Waals surface area (Å²) >= 11 is 0. The van der Waals surface area contributed by atoms with Gasteiger partial charge in [0.2, 0.25) is 0 Å². The Balaban J connectivity index is 2.15. The molecular formula is C15H22N2O2S. The molecule has 0 radical (unpaired) electrons. The normalized spacial score (nSPS) is 25.1. The van der Waals surface area contributed by atoms with Crippen LogP contribution in [0.15, 0.2) is 34.3 Å². The van der Waals surface area contributed by atoms with Gasteiger partial charge in [-0.25, -0.2) is 4.83 Å². The highest BCUT2D eigenvalue weighted by atomic mass is 32.2. The molecule has 1 aromatic carbocycles. The van der Waals surface area contributed by atoms with Crippen molar-refractivity contribution in [3.63, 3.8) is 0 Å². The Bertz CT molecular complexity index is 591. The van der Waals surface area contributed by atoms with Gasteiger partial charge in [-0.3, -0.25) is 0 Å². The molecule has 1 fully saturated rings. The molecular weight excluding hydrogens is 272 g/mol. The maximum absolute atomic E-state index is 12.2. The van der Waals surface area contributed by atoms with E-state index in [1.165, 1.54) is 0 Å². The number of benzene rings is 1. The van der Waals surface area contributed by atoms with E-state index in [-0.39, 0.29) is 4.90 Å². The zero-order valence-corrected chi connectivity index (χ0v) is 13.1. The maximum atomic E-state index is 12.2. The summed E-state index contributed by atoms with van der Waals surface area (Å²) < 4.78 is 24.3. The second-order valence-electron chi connectivity index (χ2n) is 5.54. The molecule has 1 aliphatic carbocycles. The predicted molar refractivity (Wildman–Crippen MR) is 81.1 cm³/mol. The smallest absolute Gasteiger partial charge is 0.200 e. The van der Waals surface area contributed by atoms with E-state index < -0.39 is 10.0 Å². The van der Waals surface area contributed by atoms with Gasteiger partial charge in [0.15, 0.2) is 0 Å². The van der Waals surface area contributed by atoms with E-state index in [0.717, 1.165) is 30.5 Å². The molecule has 1 saturated carbocycles. The summed E-state index contributed by atoms with van der Waals surface area (Å²) in [5, 5.41) is 4.18. The zero-order chi connectivity index (χ0) is 14.8. The van der Waals surface area contributed by atoms with Crippen LogP contribution in [0.5, 0.6) is 0 Å². The molecule has 20 heavy (non-hydrogen) atoms. The van der Waals surface area contributed by atoms with E-state index in [0.29, 0.717) is 11.8 Å². The Labute approximate surface area is 121 Å². The Morgan fingerprint density at radius 3 is 2.55 bits per heavy atom. The van der Waals surface area contributed by atoms with E-state index >= 15 is 0 Å². The Morgan fingerprint density at radius 1 is 1.30 bits per heavy atom. The van der Waals surface area contributed by atoms with Crippen LogP contribution in [-0.2, 0) is 10.0 Å². The minimum absolute atomic E-state index is 0.256. The van der Waals surface area contributed by atoms with Crippen LogP contribution in [0.25, 0.3) is 0 Å². The van der Waals surface area contributed by atoms with Gasteiger partial charge >= 0.3 is 0 Å². The third kappa shape index (κ3) is 3.20. The van der Waals surface area contributed by atoms with Gasteiger partial charge in [0.05, 0.1) is 4.90 Å². The number of hydrogen-bond acceptors (Lipinski definition) is 3. The predicted octanol–water partition coefficient (Wildman–Crippen LogP) is 3.09. The molecule has 0 bridgehead atoms. The second-order valence-corrected chi connectivity index (χ2v) is 7.20. The number of nitrogens with one attached hydrogen (secondary N) is 1. The van der Waals surface area contributed by atoms with Crippen LogP contribution in [0.3, 0.4) is 0 Å². The Hall–Kier alpha value is -1.36. The fourth-order valence-electron chi connectivity index (χ4n) is 2.76. The van der Waals surface area contributed by atoms with Crippen LogP contribution in [-0.4, -0.2) is 14.1 Å². The molecule has 0 amide bonds. The van der Waals surface area contributed by atoms with E-state index in [2.05, 4.69) is 23.8 Å². The molecule has 1 N–H and O–H groups in total. The van der Waals surface area contributed by atoms with Crippen molar-refractivity contribution in [3.05, 3.63) is 29.8 Å². The highest BCUT2D eigenvalue weighted by molar-refractivity contribution is 7.89. The fourth-order valence-corrected chi connectivity index (χ4v) is 3.59. The highest BCUT2D eigenvalue weighted by Gasteiger charge is 2.28. The molecule has 1 aliphatic rings. The molecule has 0 aromatic heterocycles. The molecule has 0 heterocycles. The Kier molecular flexibility index (Phi) is 4.48. The van der Waals surface area contributed by atoms with Crippen molar-refractivity contribution in [2.45, 2.75) is 44.9 Å². The molecule has 2 rings (SSSR count). The van der Waals surface area contributed by atoms with Crippen LogP contribution in [0.1, 0.15) is 38.7 Å². The molecule has 0 spiro atoms. The first kappa shape index (κ1) is 15.0. The SMILES string of the molecule is CC[C@H]1/C(=N\NS(=O)(=O)c2ccc(C)cc2)CC[C@H]1C. The number of hydrazone groups is 1. The average molecular weight is 294 g/mol. The van der Waals surface area contributed by atoms with Crippen LogP contribution < -0.4 is 4.83 Å². The third-order valence-electron chi connectivity index (χ3n) is 4.05. The summed E-state index contributed by atoms with van der Waals surface area (Å²) in [5.74, 6) is 0.985. The lowest BCUT2D eigenvalue weighted by Crippen LogP contribution is -2.22. The maximum Gasteiger partial charge on any atom is 0.276 e. The lowest BCUT2D eigenvalue weighted by Gasteiger charge is -2.13. The summed E-state index contributed by atoms with van der Waals surface area (Å²) in [6, 6.07) is 6.78. The molecule has 110 valence electrons. The van der Waals surface area contributed by atoms with Crippen molar-refractivity contribution in [3.8, 4) is 0 Å². The first-order valence-electron chi connectivity index (χ1n) is 7.09. The summed E-state index contributed by atoms with van der Waals surface area (Å²) in [5.41, 5.74) is 2.02. The first-order chi connectivity index (χ1) is 9.44. The van der Waals surface area contributed by atoms with Crippen molar-refractivity contribution in [1.82, 2.24) is 4.83 Å². The van der Waals surface area contributed by atoms with Gasteiger partial charge in [0.1, 0.15) is 0 Å². The fraction of sp³-hybridized carbons (Fsp3) is 0.533. The third-order valence-corrected chi connectivity index (χ3v) is 5.28. The number of hydrogen-bond donors (Lipinski definition) is 1. The van der Waals surface area contributed by atoms with Gasteiger partial charge in [0.25, 0.3) is 10.0 Å². The molecule has 2 atom stereocenters. The monoisotopic (exact) mass is 294 g/mol. The number of aryl methyl sites for hydroxylation is 1. The lowest BCUT2D eigenvalue weighted by molar-refractivity contribution is 0.467. The second kappa shape index (κ2) is 5.95. The summed E-state index contributed by atoms with van der Waals surface area (Å²) in [4.78, 5) is 2.64. The van der Waals surface area contributed by atoms with Crippen LogP contribution in [0.2, 0.25) is 0 Å². The quantitative estimate of drug-likeness (QED) is 0.868. The molecule has 0 saturated heterocycles. The van der Waals surface area contributed by atoms with Crippen LogP contribution in [0.4, 0.5) is 0 Å². The average Bonchev–Trinajstić information content (AvgIpc) is 2.77. The standard InChI is InChI=1S/C15H22N2O2S/c1-4-14-12(3)7-10-15(14)16-17-20(18,19)13-8-5-11(2)6-9-13/h5-6,8-9,12,14,17H,4,7,10H2,1-3H3/b16-15-/t12-,14-/m1/s1. The molecule has 0 unspecified atom stereocenters. The summed E-state index contributed by atoms with van der Waals surface area (Å²) in [7, 11) is -3.55. The number of nitrogens with zero attached hydrogens (tertiary/aromatic N) is 1. The van der Waals surface area contributed by atoms with Gasteiger partial charge in [-0.05, 0) is 44.2 Å². The lowest BCUT2D eigenvalue weighted by atomic mass is 9.95. The van der Waals surface area contributed by atoms with E-state index in [1.54, 1.807) is 24.3 Å². The van der Waals surface area contributed by atoms with Gasteiger partial charge in [0, 0.05) is 11.6 Å². The van der Waals surface area contributed by atoms with Crippen LogP contribution in [0, 0.1) is 18.8 Å². The largest absolute Gasteiger partial charge is 0.276 e. The first-order valence-corrected chi connectivity index (χ1v) is 8.57. The number of rotatable bonds is 4. The molecule has 5 heteroatoms. The van der Waals surface area contributed by atoms with Gasteiger partial charge in [-0.1, -0.05) is 31.5 Å². The van der Waals surface area contributed by atoms with Crippen molar-refractivity contribution < 1.29 is 8.42 Å². The van der Waals surface area contributed by atoms with Crippen molar-refractivity contribution in [2.75, 3.05) is 0 Å². The summed E-state index contributed by atoms with van der Waals surface area (Å²) in [6.45, 7) is 6.25. The van der Waals surface area contributed by atoms with E-state index in [4.69, 9.17) is 0 Å². The van der Waals surface area contributed by atoms with Crippen molar-refractivity contribution in [1.29, 1.82) is 0 Å². The topological polar surface area (TPSA) is 58.5 Å². The molecule has 1 aromatic rings. The van der Waals surface area contributed by atoms with Crippen LogP contribution >= 0.6 is 0 Å². The Morgan fingerprint density at radius 2 is 1.95 bits per heavy atom. The molecule has 4 nitrogen and oxygen atoms in total. The minimum atomic E-state index is -3.55. The van der Waals surface area contributed by atoms with E-state index in [9.17, 15) is 8.42 Å². The molecule has 0 aliphatic heterocycles. The highest BCUT2D eigenvalue weighted by Crippen LogP contribution is 2.31. The van der Waals surface area contributed by atoms with Crippen molar-refractivity contribution >= 4 is 15.7 Å².